The minimum absolute atomic E-state index is 0.350. The van der Waals surface area contributed by atoms with Crippen LogP contribution in [-0.4, -0.2) is 34.4 Å². The molecular formula is C17H26N2O. The number of aromatic nitrogens is 1. The summed E-state index contributed by atoms with van der Waals surface area (Å²) in [6, 6.07) is 2.77. The molecule has 1 saturated heterocycles. The van der Waals surface area contributed by atoms with E-state index in [1.165, 1.54) is 30.9 Å². The van der Waals surface area contributed by atoms with Gasteiger partial charge >= 0.3 is 0 Å². The lowest BCUT2D eigenvalue weighted by Gasteiger charge is -2.22. The largest absolute Gasteiger partial charge is 0.348 e. The fourth-order valence-electron chi connectivity index (χ4n) is 3.78. The van der Waals surface area contributed by atoms with Crippen molar-refractivity contribution in [1.82, 2.24) is 9.47 Å². The highest BCUT2D eigenvalue weighted by Crippen LogP contribution is 2.28. The molecule has 3 nitrogen and oxygen atoms in total. The molecule has 3 rings (SSSR count). The number of rotatable bonds is 3. The zero-order valence-electron chi connectivity index (χ0n) is 13.0. The van der Waals surface area contributed by atoms with E-state index in [0.29, 0.717) is 11.8 Å². The number of aryl methyl sites for hydroxylation is 1. The quantitative estimate of drug-likeness (QED) is 0.846. The lowest BCUT2D eigenvalue weighted by molar-refractivity contribution is 0.0971. The van der Waals surface area contributed by atoms with E-state index in [-0.39, 0.29) is 0 Å². The van der Waals surface area contributed by atoms with Crippen LogP contribution in [0.1, 0.15) is 54.9 Å². The molecule has 110 valence electrons. The molecule has 3 heteroatoms. The van der Waals surface area contributed by atoms with Crippen LogP contribution in [0.2, 0.25) is 0 Å². The highest BCUT2D eigenvalue weighted by Gasteiger charge is 2.27. The lowest BCUT2D eigenvalue weighted by Crippen LogP contribution is -2.29. The molecule has 1 aromatic rings. The third-order valence-corrected chi connectivity index (χ3v) is 5.02. The van der Waals surface area contributed by atoms with Crippen LogP contribution in [0, 0.1) is 12.8 Å². The second kappa shape index (κ2) is 5.36. The van der Waals surface area contributed by atoms with Crippen molar-refractivity contribution in [3.63, 3.8) is 0 Å². The number of hydrogen-bond donors (Lipinski definition) is 0. The van der Waals surface area contributed by atoms with Gasteiger partial charge in [0.05, 0.1) is 0 Å². The Hall–Kier alpha value is -1.09. The van der Waals surface area contributed by atoms with Crippen molar-refractivity contribution < 1.29 is 4.79 Å². The Bertz CT molecular complexity index is 515. The van der Waals surface area contributed by atoms with Crippen LogP contribution in [0.3, 0.4) is 0 Å². The molecule has 0 radical (unpaired) electrons. The van der Waals surface area contributed by atoms with Gasteiger partial charge in [-0.2, -0.15) is 0 Å². The first-order valence-electron chi connectivity index (χ1n) is 8.02. The molecule has 2 heterocycles. The Morgan fingerprint density at radius 3 is 2.85 bits per heavy atom. The van der Waals surface area contributed by atoms with E-state index >= 15 is 0 Å². The number of ketones is 1. The van der Waals surface area contributed by atoms with Gasteiger partial charge in [0, 0.05) is 42.5 Å². The first-order chi connectivity index (χ1) is 9.56. The molecule has 1 unspecified atom stereocenters. The molecule has 20 heavy (non-hydrogen) atoms. The summed E-state index contributed by atoms with van der Waals surface area (Å²) in [7, 11) is 0. The van der Waals surface area contributed by atoms with Crippen LogP contribution in [0.5, 0.6) is 0 Å². The van der Waals surface area contributed by atoms with E-state index < -0.39 is 0 Å². The van der Waals surface area contributed by atoms with Crippen LogP contribution in [-0.2, 0) is 13.0 Å². The number of likely N-dealkylation sites (tertiary alicyclic amines) is 1. The standard InChI is InChI=1S/C17H26N2O/c1-12(2)18-8-7-14(10-18)11-19-13(3)9-15-16(19)5-4-6-17(15)20/h9,12,14H,4-8,10-11H2,1-3H3. The van der Waals surface area contributed by atoms with E-state index in [1.54, 1.807) is 0 Å². The molecule has 0 saturated carbocycles. The van der Waals surface area contributed by atoms with Crippen molar-refractivity contribution in [2.24, 2.45) is 5.92 Å². The maximum absolute atomic E-state index is 12.0. The second-order valence-corrected chi connectivity index (χ2v) is 6.78. The predicted octanol–water partition coefficient (Wildman–Crippen LogP) is 3.05. The Morgan fingerprint density at radius 2 is 2.15 bits per heavy atom. The van der Waals surface area contributed by atoms with Gasteiger partial charge in [-0.05, 0) is 58.6 Å². The highest BCUT2D eigenvalue weighted by molar-refractivity contribution is 5.98. The van der Waals surface area contributed by atoms with Crippen LogP contribution < -0.4 is 0 Å². The average molecular weight is 274 g/mol. The smallest absolute Gasteiger partial charge is 0.164 e. The molecule has 1 aliphatic heterocycles. The van der Waals surface area contributed by atoms with Gasteiger partial charge < -0.3 is 9.47 Å². The van der Waals surface area contributed by atoms with Gasteiger partial charge in [0.1, 0.15) is 0 Å². The third-order valence-electron chi connectivity index (χ3n) is 5.02. The van der Waals surface area contributed by atoms with Crippen molar-refractivity contribution in [3.05, 3.63) is 23.0 Å². The van der Waals surface area contributed by atoms with E-state index in [0.717, 1.165) is 37.3 Å². The zero-order chi connectivity index (χ0) is 14.3. The summed E-state index contributed by atoms with van der Waals surface area (Å²) in [5.74, 6) is 1.09. The number of Topliss-reactive ketones (excluding diaryl/α,β-unsaturated/α-hetero) is 1. The summed E-state index contributed by atoms with van der Waals surface area (Å²) in [4.78, 5) is 14.6. The minimum atomic E-state index is 0.350. The monoisotopic (exact) mass is 274 g/mol. The zero-order valence-corrected chi connectivity index (χ0v) is 13.0. The SMILES string of the molecule is Cc1cc2c(n1CC1CCN(C(C)C)C1)CCCC2=O. The molecule has 0 aromatic carbocycles. The normalized spacial score (nSPS) is 23.6. The molecule has 0 bridgehead atoms. The maximum Gasteiger partial charge on any atom is 0.164 e. The summed E-state index contributed by atoms with van der Waals surface area (Å²) in [5, 5.41) is 0. The molecule has 1 aromatic heterocycles. The summed E-state index contributed by atoms with van der Waals surface area (Å²) in [5.41, 5.74) is 3.59. The Morgan fingerprint density at radius 1 is 1.35 bits per heavy atom. The number of carbonyl (C=O) groups excluding carboxylic acids is 1. The number of carbonyl (C=O) groups is 1. The molecular weight excluding hydrogens is 248 g/mol. The van der Waals surface area contributed by atoms with Crippen molar-refractivity contribution in [2.75, 3.05) is 13.1 Å². The van der Waals surface area contributed by atoms with Crippen LogP contribution >= 0.6 is 0 Å². The van der Waals surface area contributed by atoms with Gasteiger partial charge in [-0.1, -0.05) is 0 Å². The Balaban J connectivity index is 1.77. The lowest BCUT2D eigenvalue weighted by atomic mass is 9.96. The number of fused-ring (bicyclic) bond motifs is 1. The fraction of sp³-hybridized carbons (Fsp3) is 0.706. The van der Waals surface area contributed by atoms with Crippen molar-refractivity contribution >= 4 is 5.78 Å². The van der Waals surface area contributed by atoms with Crippen LogP contribution in [0.25, 0.3) is 0 Å². The van der Waals surface area contributed by atoms with Gasteiger partial charge in [0.15, 0.2) is 5.78 Å². The van der Waals surface area contributed by atoms with Gasteiger partial charge in [-0.25, -0.2) is 0 Å². The molecule has 2 aliphatic rings. The molecule has 0 amide bonds. The van der Waals surface area contributed by atoms with Gasteiger partial charge in [-0.3, -0.25) is 4.79 Å². The molecule has 0 spiro atoms. The maximum atomic E-state index is 12.0. The topological polar surface area (TPSA) is 25.2 Å². The van der Waals surface area contributed by atoms with Crippen LogP contribution in [0.4, 0.5) is 0 Å². The van der Waals surface area contributed by atoms with E-state index in [1.807, 2.05) is 0 Å². The average Bonchev–Trinajstić information content (AvgIpc) is 2.98. The summed E-state index contributed by atoms with van der Waals surface area (Å²) >= 11 is 0. The number of nitrogens with zero attached hydrogens (tertiary/aromatic N) is 2. The van der Waals surface area contributed by atoms with Gasteiger partial charge in [0.25, 0.3) is 0 Å². The summed E-state index contributed by atoms with van der Waals surface area (Å²) < 4.78 is 2.43. The van der Waals surface area contributed by atoms with Crippen molar-refractivity contribution in [3.8, 4) is 0 Å². The highest BCUT2D eigenvalue weighted by atomic mass is 16.1. The van der Waals surface area contributed by atoms with Gasteiger partial charge in [0.2, 0.25) is 0 Å². The van der Waals surface area contributed by atoms with Crippen LogP contribution in [0.15, 0.2) is 6.07 Å². The van der Waals surface area contributed by atoms with Crippen molar-refractivity contribution in [1.29, 1.82) is 0 Å². The van der Waals surface area contributed by atoms with E-state index in [4.69, 9.17) is 0 Å². The fourth-order valence-corrected chi connectivity index (χ4v) is 3.78. The number of hydrogen-bond acceptors (Lipinski definition) is 2. The Labute approximate surface area is 122 Å². The van der Waals surface area contributed by atoms with E-state index in [9.17, 15) is 4.79 Å². The summed E-state index contributed by atoms with van der Waals surface area (Å²) in [6.07, 6.45) is 4.13. The van der Waals surface area contributed by atoms with Crippen molar-refractivity contribution in [2.45, 2.75) is 59.0 Å². The summed E-state index contributed by atoms with van der Waals surface area (Å²) in [6.45, 7) is 10.2. The molecule has 1 fully saturated rings. The first-order valence-corrected chi connectivity index (χ1v) is 8.02. The predicted molar refractivity (Wildman–Crippen MR) is 81.3 cm³/mol. The first kappa shape index (κ1) is 13.9. The molecule has 0 N–H and O–H groups in total. The minimum Gasteiger partial charge on any atom is -0.348 e. The molecule has 1 atom stereocenters. The third kappa shape index (κ3) is 2.44. The second-order valence-electron chi connectivity index (χ2n) is 6.78. The van der Waals surface area contributed by atoms with E-state index in [2.05, 4.69) is 36.3 Å². The Kier molecular flexibility index (Phi) is 3.72. The molecule has 1 aliphatic carbocycles. The van der Waals surface area contributed by atoms with Gasteiger partial charge in [-0.15, -0.1) is 0 Å².